The Morgan fingerprint density at radius 2 is 1.82 bits per heavy atom. The van der Waals surface area contributed by atoms with Crippen molar-refractivity contribution in [3.63, 3.8) is 0 Å². The van der Waals surface area contributed by atoms with E-state index >= 15 is 0 Å². The molecule has 0 amide bonds. The van der Waals surface area contributed by atoms with Crippen molar-refractivity contribution in [1.82, 2.24) is 5.32 Å². The lowest BCUT2D eigenvalue weighted by atomic mass is 9.96. The van der Waals surface area contributed by atoms with Gasteiger partial charge in [-0.25, -0.2) is 0 Å². The third-order valence-electron chi connectivity index (χ3n) is 3.83. The van der Waals surface area contributed by atoms with Gasteiger partial charge in [0.2, 0.25) is 0 Å². The van der Waals surface area contributed by atoms with Crippen molar-refractivity contribution in [3.8, 4) is 17.6 Å². The van der Waals surface area contributed by atoms with Crippen molar-refractivity contribution in [2.75, 3.05) is 19.5 Å². The van der Waals surface area contributed by atoms with Crippen molar-refractivity contribution >= 4 is 23.0 Å². The molecule has 0 atom stereocenters. The van der Waals surface area contributed by atoms with Gasteiger partial charge in [-0.3, -0.25) is 0 Å². The highest BCUT2D eigenvalue weighted by Gasteiger charge is 2.16. The number of ether oxygens (including phenoxy) is 2. The summed E-state index contributed by atoms with van der Waals surface area (Å²) in [6.07, 6.45) is 6.05. The highest BCUT2D eigenvalue weighted by atomic mass is 32.1. The zero-order valence-corrected chi connectivity index (χ0v) is 13.8. The predicted octanol–water partition coefficient (Wildman–Crippen LogP) is 3.19. The molecule has 0 saturated heterocycles. The molecule has 1 saturated carbocycles. The van der Waals surface area contributed by atoms with Gasteiger partial charge in [0, 0.05) is 18.2 Å². The molecule has 0 spiro atoms. The maximum absolute atomic E-state index is 9.29. The van der Waals surface area contributed by atoms with Crippen LogP contribution in [0.2, 0.25) is 0 Å². The first kappa shape index (κ1) is 16.4. The van der Waals surface area contributed by atoms with Gasteiger partial charge in [0.15, 0.2) is 16.6 Å². The first-order chi connectivity index (χ1) is 10.7. The van der Waals surface area contributed by atoms with Crippen molar-refractivity contribution in [3.05, 3.63) is 17.7 Å². The van der Waals surface area contributed by atoms with Crippen LogP contribution in [-0.2, 0) is 0 Å². The van der Waals surface area contributed by atoms with E-state index in [0.717, 1.165) is 12.8 Å². The lowest BCUT2D eigenvalue weighted by Gasteiger charge is -2.24. The molecule has 1 fully saturated rings. The molecule has 6 heteroatoms. The number of anilines is 1. The second kappa shape index (κ2) is 7.85. The molecule has 0 unspecified atom stereocenters. The van der Waals surface area contributed by atoms with Gasteiger partial charge < -0.3 is 20.1 Å². The van der Waals surface area contributed by atoms with E-state index in [0.29, 0.717) is 33.9 Å². The van der Waals surface area contributed by atoms with Crippen LogP contribution >= 0.6 is 12.2 Å². The molecule has 0 radical (unpaired) electrons. The molecule has 5 nitrogen and oxygen atoms in total. The second-order valence-electron chi connectivity index (χ2n) is 5.30. The van der Waals surface area contributed by atoms with E-state index in [2.05, 4.69) is 16.7 Å². The predicted molar refractivity (Wildman–Crippen MR) is 90.5 cm³/mol. The molecule has 2 N–H and O–H groups in total. The fourth-order valence-corrected chi connectivity index (χ4v) is 2.94. The quantitative estimate of drug-likeness (QED) is 0.831. The van der Waals surface area contributed by atoms with E-state index < -0.39 is 0 Å². The summed E-state index contributed by atoms with van der Waals surface area (Å²) in [7, 11) is 3.10. The molecule has 2 rings (SSSR count). The maximum Gasteiger partial charge on any atom is 0.171 e. The van der Waals surface area contributed by atoms with Gasteiger partial charge in [-0.2, -0.15) is 5.26 Å². The highest BCUT2D eigenvalue weighted by Crippen LogP contribution is 2.33. The number of nitrogens with zero attached hydrogens (tertiary/aromatic N) is 1. The Bertz CT molecular complexity index is 577. The van der Waals surface area contributed by atoms with Crippen LogP contribution in [0.1, 0.15) is 37.7 Å². The van der Waals surface area contributed by atoms with Gasteiger partial charge in [0.1, 0.15) is 6.07 Å². The van der Waals surface area contributed by atoms with Gasteiger partial charge in [-0.05, 0) is 25.1 Å². The van der Waals surface area contributed by atoms with Gasteiger partial charge in [-0.15, -0.1) is 0 Å². The number of thiocarbonyl (C=S) groups is 1. The number of methoxy groups -OCH3 is 2. The minimum absolute atomic E-state index is 0.416. The number of rotatable bonds is 4. The summed E-state index contributed by atoms with van der Waals surface area (Å²) in [5.41, 5.74) is 1.08. The number of nitrogens with one attached hydrogen (secondary N) is 2. The Morgan fingerprint density at radius 1 is 1.18 bits per heavy atom. The van der Waals surface area contributed by atoms with E-state index in [-0.39, 0.29) is 0 Å². The molecule has 0 heterocycles. The third-order valence-corrected chi connectivity index (χ3v) is 4.05. The Balaban J connectivity index is 2.10. The number of benzene rings is 1. The van der Waals surface area contributed by atoms with Crippen molar-refractivity contribution in [1.29, 1.82) is 5.26 Å². The average Bonchev–Trinajstić information content (AvgIpc) is 2.55. The molecule has 22 heavy (non-hydrogen) atoms. The zero-order chi connectivity index (χ0) is 15.9. The molecule has 0 aliphatic heterocycles. The van der Waals surface area contributed by atoms with Crippen molar-refractivity contribution in [2.45, 2.75) is 38.1 Å². The Labute approximate surface area is 136 Å². The monoisotopic (exact) mass is 319 g/mol. The first-order valence-electron chi connectivity index (χ1n) is 7.41. The number of hydrogen-bond acceptors (Lipinski definition) is 4. The second-order valence-corrected chi connectivity index (χ2v) is 5.71. The van der Waals surface area contributed by atoms with Crippen LogP contribution in [0.5, 0.6) is 11.5 Å². The average molecular weight is 319 g/mol. The first-order valence-corrected chi connectivity index (χ1v) is 7.82. The Kier molecular flexibility index (Phi) is 5.84. The zero-order valence-electron chi connectivity index (χ0n) is 12.9. The number of nitriles is 1. The molecule has 1 aliphatic carbocycles. The summed E-state index contributed by atoms with van der Waals surface area (Å²) in [5, 5.41) is 16.2. The minimum Gasteiger partial charge on any atom is -0.493 e. The third kappa shape index (κ3) is 4.01. The van der Waals surface area contributed by atoms with E-state index in [1.54, 1.807) is 26.4 Å². The van der Waals surface area contributed by atoms with Crippen molar-refractivity contribution < 1.29 is 9.47 Å². The molecule has 118 valence electrons. The lowest BCUT2D eigenvalue weighted by molar-refractivity contribution is 0.355. The highest BCUT2D eigenvalue weighted by molar-refractivity contribution is 7.80. The summed E-state index contributed by atoms with van der Waals surface area (Å²) in [5.74, 6) is 1.08. The van der Waals surface area contributed by atoms with Gasteiger partial charge in [0.05, 0.1) is 25.5 Å². The van der Waals surface area contributed by atoms with E-state index in [9.17, 15) is 5.26 Å². The largest absolute Gasteiger partial charge is 0.493 e. The van der Waals surface area contributed by atoms with Crippen LogP contribution in [0, 0.1) is 11.3 Å². The minimum atomic E-state index is 0.416. The van der Waals surface area contributed by atoms with Crippen LogP contribution in [-0.4, -0.2) is 25.4 Å². The Hall–Kier alpha value is -2.00. The van der Waals surface area contributed by atoms with E-state index in [1.165, 1.54) is 19.3 Å². The molecule has 1 aromatic rings. The summed E-state index contributed by atoms with van der Waals surface area (Å²) < 4.78 is 10.5. The van der Waals surface area contributed by atoms with Crippen LogP contribution in [0.15, 0.2) is 12.1 Å². The van der Waals surface area contributed by atoms with Crippen LogP contribution in [0.3, 0.4) is 0 Å². The molecule has 0 bridgehead atoms. The molecular formula is C16H21N3O2S. The SMILES string of the molecule is COc1cc(C#N)c(NC(=S)NC2CCCCC2)cc1OC. The van der Waals surface area contributed by atoms with Crippen LogP contribution < -0.4 is 20.1 Å². The van der Waals surface area contributed by atoms with Crippen LogP contribution in [0.25, 0.3) is 0 Å². The summed E-state index contributed by atoms with van der Waals surface area (Å²) >= 11 is 5.36. The molecule has 1 aliphatic rings. The normalized spacial score (nSPS) is 14.8. The van der Waals surface area contributed by atoms with E-state index in [4.69, 9.17) is 21.7 Å². The fraction of sp³-hybridized carbons (Fsp3) is 0.500. The molecular weight excluding hydrogens is 298 g/mol. The van der Waals surface area contributed by atoms with Crippen molar-refractivity contribution in [2.24, 2.45) is 0 Å². The summed E-state index contributed by atoms with van der Waals surface area (Å²) in [4.78, 5) is 0. The lowest BCUT2D eigenvalue weighted by Crippen LogP contribution is -2.38. The van der Waals surface area contributed by atoms with Gasteiger partial charge in [-0.1, -0.05) is 19.3 Å². The van der Waals surface area contributed by atoms with Crippen LogP contribution in [0.4, 0.5) is 5.69 Å². The van der Waals surface area contributed by atoms with E-state index in [1.807, 2.05) is 0 Å². The molecule has 0 aromatic heterocycles. The standard InChI is InChI=1S/C16H21N3O2S/c1-20-14-8-11(10-17)13(9-15(14)21-2)19-16(22)18-12-6-4-3-5-7-12/h8-9,12H,3-7H2,1-2H3,(H2,18,19,22). The maximum atomic E-state index is 9.29. The topological polar surface area (TPSA) is 66.3 Å². The molecule has 1 aromatic carbocycles. The smallest absolute Gasteiger partial charge is 0.171 e. The van der Waals surface area contributed by atoms with Gasteiger partial charge >= 0.3 is 0 Å². The Morgan fingerprint density at radius 3 is 2.41 bits per heavy atom. The fourth-order valence-electron chi connectivity index (χ4n) is 2.67. The summed E-state index contributed by atoms with van der Waals surface area (Å²) in [6, 6.07) is 5.93. The summed E-state index contributed by atoms with van der Waals surface area (Å²) in [6.45, 7) is 0. The number of hydrogen-bond donors (Lipinski definition) is 2. The van der Waals surface area contributed by atoms with Gasteiger partial charge in [0.25, 0.3) is 0 Å².